The number of ether oxygens (including phenoxy) is 2. The number of hydrogen-bond donors (Lipinski definition) is 3. The smallest absolute Gasteiger partial charge is 0.270 e. The normalized spacial score (nSPS) is 16.8. The molecule has 0 spiro atoms. The van der Waals surface area contributed by atoms with Crippen molar-refractivity contribution in [1.29, 1.82) is 0 Å². The fraction of sp³-hybridized carbons (Fsp3) is 1.00. The van der Waals surface area contributed by atoms with Crippen LogP contribution in [0.5, 0.6) is 0 Å². The lowest BCUT2D eigenvalue weighted by Crippen LogP contribution is -2.43. The summed E-state index contributed by atoms with van der Waals surface area (Å²) in [4.78, 5) is 0. The summed E-state index contributed by atoms with van der Waals surface area (Å²) < 4.78 is 71.7. The molecule has 0 radical (unpaired) electrons. The lowest BCUT2D eigenvalue weighted by atomic mass is 10.1. The third-order valence-corrected chi connectivity index (χ3v) is 4.83. The van der Waals surface area contributed by atoms with Crippen LogP contribution in [-0.2, 0) is 29.7 Å². The Morgan fingerprint density at radius 1 is 1.00 bits per heavy atom. The number of unbranched alkanes of at least 4 members (excludes halogenated alkanes) is 2. The van der Waals surface area contributed by atoms with Crippen molar-refractivity contribution in [2.75, 3.05) is 24.7 Å². The summed E-state index contributed by atoms with van der Waals surface area (Å²) in [6, 6.07) is 0. The van der Waals surface area contributed by atoms with Crippen LogP contribution in [0.15, 0.2) is 0 Å². The van der Waals surface area contributed by atoms with E-state index in [2.05, 4.69) is 13.8 Å². The van der Waals surface area contributed by atoms with E-state index in [0.29, 0.717) is 12.5 Å². The zero-order valence-corrected chi connectivity index (χ0v) is 16.6. The van der Waals surface area contributed by atoms with Gasteiger partial charge in [0.25, 0.3) is 20.2 Å². The van der Waals surface area contributed by atoms with Crippen LogP contribution >= 0.6 is 0 Å². The van der Waals surface area contributed by atoms with Crippen molar-refractivity contribution in [3.05, 3.63) is 0 Å². The van der Waals surface area contributed by atoms with E-state index in [9.17, 15) is 21.9 Å². The molecule has 0 aliphatic rings. The molecule has 9 nitrogen and oxygen atoms in total. The fourth-order valence-electron chi connectivity index (χ4n) is 2.23. The maximum Gasteiger partial charge on any atom is 0.270 e. The summed E-state index contributed by atoms with van der Waals surface area (Å²) in [7, 11) is -8.97. The molecule has 0 aromatic rings. The third-order valence-electron chi connectivity index (χ3n) is 3.14. The third kappa shape index (κ3) is 16.9. The zero-order chi connectivity index (χ0) is 19.7. The van der Waals surface area contributed by atoms with Gasteiger partial charge in [-0.15, -0.1) is 0 Å². The van der Waals surface area contributed by atoms with E-state index in [-0.39, 0.29) is 6.61 Å². The summed E-state index contributed by atoms with van der Waals surface area (Å²) in [6.45, 7) is 5.30. The highest BCUT2D eigenvalue weighted by atomic mass is 32.2. The van der Waals surface area contributed by atoms with E-state index in [1.54, 1.807) is 0 Å². The SMILES string of the molecule is CC(C)CCCCCOCC(CS(=O)(=O)O)OC(C)(O)CS(=O)(=O)O. The van der Waals surface area contributed by atoms with Crippen LogP contribution in [-0.4, -0.2) is 67.7 Å². The predicted molar refractivity (Wildman–Crippen MR) is 92.5 cm³/mol. The summed E-state index contributed by atoms with van der Waals surface area (Å²) in [5.41, 5.74) is 0. The summed E-state index contributed by atoms with van der Waals surface area (Å²) in [5.74, 6) is -3.72. The molecule has 0 heterocycles. The molecule has 0 aromatic heterocycles. The molecule has 3 N–H and O–H groups in total. The molecular formula is C14H30O9S2. The second-order valence-electron chi connectivity index (χ2n) is 6.71. The van der Waals surface area contributed by atoms with Crippen molar-refractivity contribution in [1.82, 2.24) is 0 Å². The first-order chi connectivity index (χ1) is 11.2. The Balaban J connectivity index is 4.45. The second kappa shape index (κ2) is 10.8. The lowest BCUT2D eigenvalue weighted by molar-refractivity contribution is -0.208. The van der Waals surface area contributed by atoms with Crippen molar-refractivity contribution in [3.8, 4) is 0 Å². The molecule has 0 amide bonds. The molecule has 2 atom stereocenters. The highest BCUT2D eigenvalue weighted by Crippen LogP contribution is 2.14. The van der Waals surface area contributed by atoms with Crippen LogP contribution in [0.3, 0.4) is 0 Å². The molecule has 0 aromatic carbocycles. The van der Waals surface area contributed by atoms with E-state index < -0.39 is 43.6 Å². The highest BCUT2D eigenvalue weighted by Gasteiger charge is 2.33. The van der Waals surface area contributed by atoms with Gasteiger partial charge in [0.1, 0.15) is 17.6 Å². The van der Waals surface area contributed by atoms with Crippen LogP contribution in [0, 0.1) is 5.92 Å². The Labute approximate surface area is 150 Å². The maximum atomic E-state index is 11.0. The maximum absolute atomic E-state index is 11.0. The first-order valence-electron chi connectivity index (χ1n) is 8.08. The van der Waals surface area contributed by atoms with Gasteiger partial charge in [-0.25, -0.2) is 0 Å². The van der Waals surface area contributed by atoms with Gasteiger partial charge in [0.05, 0.1) is 6.61 Å². The Kier molecular flexibility index (Phi) is 10.6. The van der Waals surface area contributed by atoms with Crippen molar-refractivity contribution < 1.29 is 40.5 Å². The molecule has 2 unspecified atom stereocenters. The monoisotopic (exact) mass is 406 g/mol. The fourth-order valence-corrected chi connectivity index (χ4v) is 3.61. The van der Waals surface area contributed by atoms with Gasteiger partial charge in [0, 0.05) is 6.61 Å². The van der Waals surface area contributed by atoms with E-state index in [1.807, 2.05) is 0 Å². The average Bonchev–Trinajstić information content (AvgIpc) is 2.31. The summed E-state index contributed by atoms with van der Waals surface area (Å²) in [6.07, 6.45) is 2.57. The Hall–Kier alpha value is -0.300. The lowest BCUT2D eigenvalue weighted by Gasteiger charge is -2.27. The minimum atomic E-state index is -4.54. The quantitative estimate of drug-likeness (QED) is 0.219. The van der Waals surface area contributed by atoms with Gasteiger partial charge in [-0.05, 0) is 19.3 Å². The van der Waals surface area contributed by atoms with Crippen LogP contribution in [0.2, 0.25) is 0 Å². The molecular weight excluding hydrogens is 376 g/mol. The topological polar surface area (TPSA) is 147 Å². The summed E-state index contributed by atoms with van der Waals surface area (Å²) in [5, 5.41) is 9.85. The van der Waals surface area contributed by atoms with Crippen molar-refractivity contribution in [3.63, 3.8) is 0 Å². The molecule has 152 valence electrons. The van der Waals surface area contributed by atoms with E-state index in [4.69, 9.17) is 18.6 Å². The standard InChI is InChI=1S/C14H30O9S2/c1-12(2)7-5-4-6-8-22-9-13(10-24(16,17)18)23-14(3,15)11-25(19,20)21/h12-13,15H,4-11H2,1-3H3,(H,16,17,18)(H,19,20,21). The first-order valence-corrected chi connectivity index (χ1v) is 11.3. The molecule has 0 aliphatic heterocycles. The van der Waals surface area contributed by atoms with E-state index in [1.165, 1.54) is 0 Å². The minimum Gasteiger partial charge on any atom is -0.379 e. The van der Waals surface area contributed by atoms with Gasteiger partial charge in [0.15, 0.2) is 5.79 Å². The van der Waals surface area contributed by atoms with Crippen LogP contribution < -0.4 is 0 Å². The van der Waals surface area contributed by atoms with Crippen molar-refractivity contribution in [2.24, 2.45) is 5.92 Å². The Bertz CT molecular complexity index is 567. The summed E-state index contributed by atoms with van der Waals surface area (Å²) >= 11 is 0. The van der Waals surface area contributed by atoms with Crippen molar-refractivity contribution in [2.45, 2.75) is 58.3 Å². The van der Waals surface area contributed by atoms with Crippen LogP contribution in [0.1, 0.15) is 46.5 Å². The predicted octanol–water partition coefficient (Wildman–Crippen LogP) is 1.09. The molecule has 0 rings (SSSR count). The molecule has 0 saturated carbocycles. The van der Waals surface area contributed by atoms with E-state index in [0.717, 1.165) is 32.6 Å². The Morgan fingerprint density at radius 2 is 1.60 bits per heavy atom. The largest absolute Gasteiger partial charge is 0.379 e. The molecule has 11 heteroatoms. The zero-order valence-electron chi connectivity index (χ0n) is 14.9. The first kappa shape index (κ1) is 24.7. The highest BCUT2D eigenvalue weighted by molar-refractivity contribution is 7.86. The number of rotatable bonds is 14. The van der Waals surface area contributed by atoms with Gasteiger partial charge in [-0.3, -0.25) is 9.11 Å². The molecule has 0 fully saturated rings. The second-order valence-corrected chi connectivity index (χ2v) is 9.66. The molecule has 0 aliphatic carbocycles. The number of hydrogen-bond acceptors (Lipinski definition) is 7. The van der Waals surface area contributed by atoms with Gasteiger partial charge < -0.3 is 14.6 Å². The molecule has 25 heavy (non-hydrogen) atoms. The minimum absolute atomic E-state index is 0.258. The average molecular weight is 407 g/mol. The van der Waals surface area contributed by atoms with Crippen LogP contribution in [0.4, 0.5) is 0 Å². The van der Waals surface area contributed by atoms with Crippen molar-refractivity contribution >= 4 is 20.2 Å². The number of aliphatic hydroxyl groups is 1. The van der Waals surface area contributed by atoms with Gasteiger partial charge in [-0.1, -0.05) is 33.1 Å². The van der Waals surface area contributed by atoms with Crippen LogP contribution in [0.25, 0.3) is 0 Å². The van der Waals surface area contributed by atoms with Gasteiger partial charge >= 0.3 is 0 Å². The Morgan fingerprint density at radius 3 is 2.08 bits per heavy atom. The van der Waals surface area contributed by atoms with E-state index >= 15 is 0 Å². The molecule has 0 bridgehead atoms. The van der Waals surface area contributed by atoms with Gasteiger partial charge in [-0.2, -0.15) is 16.8 Å². The molecule has 0 saturated heterocycles. The van der Waals surface area contributed by atoms with Gasteiger partial charge in [0.2, 0.25) is 0 Å².